The Balaban J connectivity index is 1.74. The summed E-state index contributed by atoms with van der Waals surface area (Å²) in [7, 11) is 1.96. The van der Waals surface area contributed by atoms with Crippen LogP contribution in [0.2, 0.25) is 0 Å². The molecule has 0 aliphatic heterocycles. The van der Waals surface area contributed by atoms with Crippen molar-refractivity contribution in [2.75, 3.05) is 13.6 Å². The first-order valence-corrected chi connectivity index (χ1v) is 7.06. The molecule has 2 aliphatic rings. The molecule has 0 bridgehead atoms. The number of carbonyl (C=O) groups is 1. The lowest BCUT2D eigenvalue weighted by Crippen LogP contribution is -2.45. The van der Waals surface area contributed by atoms with Crippen molar-refractivity contribution in [1.29, 1.82) is 0 Å². The smallest absolute Gasteiger partial charge is 0.225 e. The normalized spacial score (nSPS) is 37.4. The van der Waals surface area contributed by atoms with Crippen molar-refractivity contribution in [1.82, 2.24) is 4.90 Å². The Hall–Kier alpha value is -0.570. The van der Waals surface area contributed by atoms with Crippen LogP contribution in [0.5, 0.6) is 0 Å². The van der Waals surface area contributed by atoms with E-state index in [0.29, 0.717) is 23.8 Å². The second-order valence-electron chi connectivity index (χ2n) is 6.27. The lowest BCUT2D eigenvalue weighted by atomic mass is 9.79. The zero-order chi connectivity index (χ0) is 12.4. The molecule has 1 amide bonds. The highest BCUT2D eigenvalue weighted by atomic mass is 16.2. The molecule has 0 radical (unpaired) electrons. The molecule has 0 saturated heterocycles. The summed E-state index contributed by atoms with van der Waals surface area (Å²) in [5.74, 6) is 2.14. The summed E-state index contributed by atoms with van der Waals surface area (Å²) in [5.41, 5.74) is 5.78. The van der Waals surface area contributed by atoms with Crippen molar-refractivity contribution in [2.24, 2.45) is 23.5 Å². The van der Waals surface area contributed by atoms with Gasteiger partial charge >= 0.3 is 0 Å². The van der Waals surface area contributed by atoms with Crippen LogP contribution in [0, 0.1) is 17.8 Å². The van der Waals surface area contributed by atoms with Gasteiger partial charge in [-0.15, -0.1) is 0 Å². The van der Waals surface area contributed by atoms with Gasteiger partial charge in [0.25, 0.3) is 0 Å². The number of hydrogen-bond acceptors (Lipinski definition) is 2. The minimum atomic E-state index is 0.296. The molecule has 3 nitrogen and oxygen atoms in total. The van der Waals surface area contributed by atoms with Crippen molar-refractivity contribution in [3.05, 3.63) is 0 Å². The summed E-state index contributed by atoms with van der Waals surface area (Å²) in [4.78, 5) is 14.2. The largest absolute Gasteiger partial charge is 0.345 e. The molecule has 3 heteroatoms. The van der Waals surface area contributed by atoms with E-state index in [2.05, 4.69) is 6.92 Å². The van der Waals surface area contributed by atoms with Crippen LogP contribution in [0.1, 0.15) is 45.4 Å². The van der Waals surface area contributed by atoms with E-state index in [9.17, 15) is 4.79 Å². The number of carbonyl (C=O) groups excluding carboxylic acids is 1. The van der Waals surface area contributed by atoms with E-state index in [1.807, 2.05) is 11.9 Å². The third-order valence-corrected chi connectivity index (χ3v) is 4.55. The Morgan fingerprint density at radius 2 is 1.82 bits per heavy atom. The van der Waals surface area contributed by atoms with Crippen LogP contribution in [-0.4, -0.2) is 30.4 Å². The zero-order valence-corrected chi connectivity index (χ0v) is 11.2. The quantitative estimate of drug-likeness (QED) is 0.817. The van der Waals surface area contributed by atoms with E-state index in [1.54, 1.807) is 0 Å². The van der Waals surface area contributed by atoms with Gasteiger partial charge in [-0.05, 0) is 50.4 Å². The van der Waals surface area contributed by atoms with Gasteiger partial charge in [0, 0.05) is 25.6 Å². The van der Waals surface area contributed by atoms with Gasteiger partial charge in [0.2, 0.25) is 5.91 Å². The van der Waals surface area contributed by atoms with Crippen LogP contribution in [0.15, 0.2) is 0 Å². The summed E-state index contributed by atoms with van der Waals surface area (Å²) < 4.78 is 0. The maximum Gasteiger partial charge on any atom is 0.225 e. The summed E-state index contributed by atoms with van der Waals surface area (Å²) in [6, 6.07) is 0.388. The average Bonchev–Trinajstić information content (AvgIpc) is 2.27. The molecule has 2 aliphatic carbocycles. The third kappa shape index (κ3) is 3.21. The molecular formula is C14H26N2O. The Morgan fingerprint density at radius 3 is 2.35 bits per heavy atom. The minimum Gasteiger partial charge on any atom is -0.345 e. The fourth-order valence-electron chi connectivity index (χ4n) is 3.23. The fourth-order valence-corrected chi connectivity index (χ4v) is 3.23. The zero-order valence-electron chi connectivity index (χ0n) is 11.2. The Morgan fingerprint density at radius 1 is 1.24 bits per heavy atom. The van der Waals surface area contributed by atoms with Crippen LogP contribution < -0.4 is 5.73 Å². The van der Waals surface area contributed by atoms with E-state index < -0.39 is 0 Å². The van der Waals surface area contributed by atoms with Gasteiger partial charge < -0.3 is 10.6 Å². The lowest BCUT2D eigenvalue weighted by Gasteiger charge is -2.37. The molecule has 0 unspecified atom stereocenters. The van der Waals surface area contributed by atoms with Crippen molar-refractivity contribution < 1.29 is 4.79 Å². The molecule has 2 N–H and O–H groups in total. The molecule has 0 atom stereocenters. The van der Waals surface area contributed by atoms with Crippen molar-refractivity contribution >= 4 is 5.91 Å². The second-order valence-corrected chi connectivity index (χ2v) is 6.27. The molecule has 2 fully saturated rings. The summed E-state index contributed by atoms with van der Waals surface area (Å²) in [6.07, 6.45) is 6.82. The van der Waals surface area contributed by atoms with E-state index in [4.69, 9.17) is 5.73 Å². The molecule has 0 spiro atoms. The first-order valence-electron chi connectivity index (χ1n) is 7.06. The third-order valence-electron chi connectivity index (χ3n) is 4.55. The number of rotatable bonds is 3. The van der Waals surface area contributed by atoms with Crippen LogP contribution >= 0.6 is 0 Å². The van der Waals surface area contributed by atoms with Gasteiger partial charge in [0.15, 0.2) is 0 Å². The predicted octanol–water partition coefficient (Wildman–Crippen LogP) is 2.01. The van der Waals surface area contributed by atoms with Gasteiger partial charge in [-0.2, -0.15) is 0 Å². The topological polar surface area (TPSA) is 46.3 Å². The van der Waals surface area contributed by atoms with Crippen molar-refractivity contribution in [3.8, 4) is 0 Å². The van der Waals surface area contributed by atoms with Crippen LogP contribution in [-0.2, 0) is 4.79 Å². The van der Waals surface area contributed by atoms with E-state index in [-0.39, 0.29) is 0 Å². The van der Waals surface area contributed by atoms with Gasteiger partial charge in [-0.1, -0.05) is 6.92 Å². The molecule has 2 saturated carbocycles. The maximum absolute atomic E-state index is 12.3. The maximum atomic E-state index is 12.3. The van der Waals surface area contributed by atoms with Gasteiger partial charge in [0.05, 0.1) is 0 Å². The van der Waals surface area contributed by atoms with E-state index >= 15 is 0 Å². The first kappa shape index (κ1) is 12.9. The Bertz CT molecular complexity index is 265. The number of nitrogens with zero attached hydrogens (tertiary/aromatic N) is 1. The highest BCUT2D eigenvalue weighted by Gasteiger charge is 2.31. The average molecular weight is 238 g/mol. The molecule has 0 aromatic carbocycles. The van der Waals surface area contributed by atoms with Crippen molar-refractivity contribution in [3.63, 3.8) is 0 Å². The van der Waals surface area contributed by atoms with Gasteiger partial charge in [-0.25, -0.2) is 0 Å². The molecule has 0 aromatic rings. The van der Waals surface area contributed by atoms with E-state index in [1.165, 1.54) is 12.8 Å². The van der Waals surface area contributed by atoms with Crippen LogP contribution in [0.25, 0.3) is 0 Å². The SMILES string of the molecule is CC1CCC(C(=O)N(C)CC2CC(N)C2)CC1. The Labute approximate surface area is 105 Å². The number of hydrogen-bond donors (Lipinski definition) is 1. The summed E-state index contributed by atoms with van der Waals surface area (Å²) in [5, 5.41) is 0. The standard InChI is InChI=1S/C14H26N2O/c1-10-3-5-12(6-4-10)14(17)16(2)9-11-7-13(15)8-11/h10-13H,3-9,15H2,1-2H3. The molecule has 2 rings (SSSR count). The fraction of sp³-hybridized carbons (Fsp3) is 0.929. The van der Waals surface area contributed by atoms with Crippen molar-refractivity contribution in [2.45, 2.75) is 51.5 Å². The first-order chi connectivity index (χ1) is 8.06. The monoisotopic (exact) mass is 238 g/mol. The summed E-state index contributed by atoms with van der Waals surface area (Å²) >= 11 is 0. The van der Waals surface area contributed by atoms with Gasteiger partial charge in [-0.3, -0.25) is 4.79 Å². The molecule has 0 heterocycles. The highest BCUT2D eigenvalue weighted by molar-refractivity contribution is 5.78. The van der Waals surface area contributed by atoms with E-state index in [0.717, 1.165) is 38.1 Å². The predicted molar refractivity (Wildman–Crippen MR) is 69.5 cm³/mol. The Kier molecular flexibility index (Phi) is 4.08. The molecule has 17 heavy (non-hydrogen) atoms. The minimum absolute atomic E-state index is 0.296. The summed E-state index contributed by atoms with van der Waals surface area (Å²) in [6.45, 7) is 3.21. The highest BCUT2D eigenvalue weighted by Crippen LogP contribution is 2.31. The molecular weight excluding hydrogens is 212 g/mol. The number of nitrogens with two attached hydrogens (primary N) is 1. The number of amides is 1. The van der Waals surface area contributed by atoms with Gasteiger partial charge in [0.1, 0.15) is 0 Å². The second kappa shape index (κ2) is 5.38. The molecule has 98 valence electrons. The lowest BCUT2D eigenvalue weighted by molar-refractivity contribution is -0.136. The van der Waals surface area contributed by atoms with Crippen LogP contribution in [0.4, 0.5) is 0 Å². The van der Waals surface area contributed by atoms with Crippen LogP contribution in [0.3, 0.4) is 0 Å². The molecule has 0 aromatic heterocycles.